The first kappa shape index (κ1) is 21.5. The van der Waals surface area contributed by atoms with Crippen LogP contribution in [0.5, 0.6) is 0 Å². The molecule has 2 amide bonds. The predicted octanol–water partition coefficient (Wildman–Crippen LogP) is 1.28. The van der Waals surface area contributed by atoms with Crippen LogP contribution in [0.25, 0.3) is 43.6 Å². The van der Waals surface area contributed by atoms with E-state index in [-0.39, 0.29) is 11.1 Å². The molecule has 7 rings (SSSR count). The van der Waals surface area contributed by atoms with Gasteiger partial charge in [0.1, 0.15) is 24.4 Å². The Morgan fingerprint density at radius 1 is 0.833 bits per heavy atom. The number of fused-ring (bicyclic) bond motifs is 10. The third-order valence-electron chi connectivity index (χ3n) is 7.41. The number of imide groups is 1. The van der Waals surface area contributed by atoms with Crippen molar-refractivity contribution in [3.8, 4) is 0 Å². The van der Waals surface area contributed by atoms with E-state index < -0.39 is 49.1 Å². The minimum absolute atomic E-state index is 0.229. The van der Waals surface area contributed by atoms with Gasteiger partial charge < -0.3 is 34.7 Å². The van der Waals surface area contributed by atoms with Crippen LogP contribution >= 0.6 is 0 Å². The lowest BCUT2D eigenvalue weighted by Crippen LogP contribution is -2.56. The van der Waals surface area contributed by atoms with E-state index in [0.29, 0.717) is 32.7 Å². The van der Waals surface area contributed by atoms with Crippen LogP contribution in [0.15, 0.2) is 48.5 Å². The molecule has 0 saturated carbocycles. The largest absolute Gasteiger partial charge is 0.394 e. The van der Waals surface area contributed by atoms with Crippen LogP contribution in [0.1, 0.15) is 26.9 Å². The number of aliphatic hydroxyl groups is 4. The Hall–Kier alpha value is -3.80. The summed E-state index contributed by atoms with van der Waals surface area (Å²) in [5.74, 6) is -1.01. The number of hydrogen-bond donors (Lipinski definition) is 6. The summed E-state index contributed by atoms with van der Waals surface area (Å²) in [6.45, 7) is -0.577. The molecule has 10 nitrogen and oxygen atoms in total. The first-order valence-corrected chi connectivity index (χ1v) is 11.6. The summed E-state index contributed by atoms with van der Waals surface area (Å²) in [7, 11) is 0. The second-order valence-electron chi connectivity index (χ2n) is 9.28. The predicted molar refractivity (Wildman–Crippen MR) is 130 cm³/mol. The molecule has 182 valence electrons. The van der Waals surface area contributed by atoms with E-state index >= 15 is 0 Å². The van der Waals surface area contributed by atoms with E-state index in [1.54, 1.807) is 22.8 Å². The maximum Gasteiger partial charge on any atom is 0.259 e. The Balaban J connectivity index is 1.70. The van der Waals surface area contributed by atoms with Crippen molar-refractivity contribution in [2.75, 3.05) is 6.61 Å². The Labute approximate surface area is 202 Å². The molecule has 5 aromatic rings. The van der Waals surface area contributed by atoms with Gasteiger partial charge in [0.05, 0.1) is 34.3 Å². The molecule has 1 fully saturated rings. The van der Waals surface area contributed by atoms with Crippen LogP contribution < -0.4 is 5.32 Å². The third-order valence-corrected chi connectivity index (χ3v) is 7.41. The highest BCUT2D eigenvalue weighted by atomic mass is 16.6. The van der Waals surface area contributed by atoms with E-state index in [1.807, 2.05) is 30.3 Å². The summed E-state index contributed by atoms with van der Waals surface area (Å²) < 4.78 is 7.62. The number of ether oxygens (including phenoxy) is 1. The average molecular weight is 487 g/mol. The molecule has 0 bridgehead atoms. The van der Waals surface area contributed by atoms with Crippen molar-refractivity contribution in [2.45, 2.75) is 30.6 Å². The molecule has 2 aliphatic rings. The van der Waals surface area contributed by atoms with E-state index in [1.165, 1.54) is 0 Å². The van der Waals surface area contributed by atoms with Crippen molar-refractivity contribution < 1.29 is 34.8 Å². The molecule has 2 aromatic heterocycles. The Morgan fingerprint density at radius 2 is 1.50 bits per heavy atom. The van der Waals surface area contributed by atoms with E-state index in [2.05, 4.69) is 10.3 Å². The molecule has 0 aliphatic carbocycles. The molecule has 1 unspecified atom stereocenters. The number of hydrogen-bond acceptors (Lipinski definition) is 7. The highest BCUT2D eigenvalue weighted by Crippen LogP contribution is 2.45. The first-order valence-electron chi connectivity index (χ1n) is 11.6. The van der Waals surface area contributed by atoms with Gasteiger partial charge in [-0.2, -0.15) is 0 Å². The average Bonchev–Trinajstić information content (AvgIpc) is 3.52. The van der Waals surface area contributed by atoms with Crippen molar-refractivity contribution in [3.63, 3.8) is 0 Å². The van der Waals surface area contributed by atoms with E-state index in [9.17, 15) is 30.0 Å². The SMILES string of the molecule is O=C1NC(=O)c2c1c1c3ccccc3[nH]c1c1c2c2ccccc2n1C1O[C@H](CO)[C@H](O)[C@H](O)[C@H]1O. The molecule has 5 atom stereocenters. The lowest BCUT2D eigenvalue weighted by Gasteiger charge is -2.41. The molecule has 1 saturated heterocycles. The number of H-pyrrole nitrogens is 1. The van der Waals surface area contributed by atoms with Crippen LogP contribution in [0.3, 0.4) is 0 Å². The third kappa shape index (κ3) is 2.56. The molecule has 0 radical (unpaired) electrons. The number of aromatic nitrogens is 2. The summed E-state index contributed by atoms with van der Waals surface area (Å²) in [5, 5.41) is 46.6. The number of carbonyl (C=O) groups excluding carboxylic acids is 2. The summed E-state index contributed by atoms with van der Waals surface area (Å²) in [4.78, 5) is 29.5. The van der Waals surface area contributed by atoms with Crippen LogP contribution in [0, 0.1) is 0 Å². The van der Waals surface area contributed by atoms with Gasteiger partial charge in [-0.25, -0.2) is 0 Å². The molecule has 2 aliphatic heterocycles. The van der Waals surface area contributed by atoms with Gasteiger partial charge in [-0.15, -0.1) is 0 Å². The van der Waals surface area contributed by atoms with Crippen molar-refractivity contribution in [1.29, 1.82) is 0 Å². The lowest BCUT2D eigenvalue weighted by molar-refractivity contribution is -0.249. The van der Waals surface area contributed by atoms with Gasteiger partial charge in [-0.05, 0) is 12.1 Å². The standard InChI is InChI=1S/C26H21N3O7/c30-9-14-21(31)22(32)23(33)26(36-14)29-13-8-4-2-6-11(13)16-18-17(24(34)28-25(18)35)15-10-5-1-3-7-12(10)27-19(15)20(16)29/h1-8,14,21-23,26-27,30-33H,9H2,(H,28,34,35)/t14-,21+,22+,23-,26?/m1/s1. The van der Waals surface area contributed by atoms with Gasteiger partial charge in [0.25, 0.3) is 11.8 Å². The van der Waals surface area contributed by atoms with Gasteiger partial charge in [-0.3, -0.25) is 14.9 Å². The Morgan fingerprint density at radius 3 is 2.25 bits per heavy atom. The zero-order chi connectivity index (χ0) is 24.9. The number of nitrogens with one attached hydrogen (secondary N) is 2. The van der Waals surface area contributed by atoms with Crippen LogP contribution in [-0.2, 0) is 4.74 Å². The summed E-state index contributed by atoms with van der Waals surface area (Å²) in [5.41, 5.74) is 2.89. The summed E-state index contributed by atoms with van der Waals surface area (Å²) in [6.07, 6.45) is -6.99. The fraction of sp³-hybridized carbons (Fsp3) is 0.231. The van der Waals surface area contributed by atoms with Crippen LogP contribution in [0.2, 0.25) is 0 Å². The molecular formula is C26H21N3O7. The number of carbonyl (C=O) groups is 2. The highest BCUT2D eigenvalue weighted by Gasteiger charge is 2.46. The summed E-state index contributed by atoms with van der Waals surface area (Å²) in [6, 6.07) is 14.6. The minimum Gasteiger partial charge on any atom is -0.394 e. The zero-order valence-corrected chi connectivity index (χ0v) is 18.7. The topological polar surface area (TPSA) is 157 Å². The van der Waals surface area contributed by atoms with Gasteiger partial charge in [0.2, 0.25) is 0 Å². The monoisotopic (exact) mass is 487 g/mol. The molecule has 3 aromatic carbocycles. The van der Waals surface area contributed by atoms with Gasteiger partial charge in [0, 0.05) is 27.1 Å². The second-order valence-corrected chi connectivity index (χ2v) is 9.28. The first-order chi connectivity index (χ1) is 17.4. The number of para-hydroxylation sites is 2. The van der Waals surface area contributed by atoms with E-state index in [0.717, 1.165) is 10.9 Å². The smallest absolute Gasteiger partial charge is 0.259 e. The van der Waals surface area contributed by atoms with Crippen LogP contribution in [0.4, 0.5) is 0 Å². The molecular weight excluding hydrogens is 466 g/mol. The molecule has 10 heteroatoms. The molecule has 0 spiro atoms. The summed E-state index contributed by atoms with van der Waals surface area (Å²) >= 11 is 0. The molecule has 36 heavy (non-hydrogen) atoms. The van der Waals surface area contributed by atoms with E-state index in [4.69, 9.17) is 4.74 Å². The highest BCUT2D eigenvalue weighted by molar-refractivity contribution is 6.39. The number of rotatable bonds is 2. The molecule has 6 N–H and O–H groups in total. The number of aromatic amines is 1. The van der Waals surface area contributed by atoms with Crippen molar-refractivity contribution in [2.24, 2.45) is 0 Å². The lowest BCUT2D eigenvalue weighted by atomic mass is 9.96. The Kier molecular flexibility index (Phi) is 4.39. The number of aliphatic hydroxyl groups excluding tert-OH is 4. The van der Waals surface area contributed by atoms with Gasteiger partial charge >= 0.3 is 0 Å². The van der Waals surface area contributed by atoms with Crippen molar-refractivity contribution in [1.82, 2.24) is 14.9 Å². The fourth-order valence-corrected chi connectivity index (χ4v) is 5.83. The Bertz CT molecular complexity index is 1750. The number of benzene rings is 3. The maximum atomic E-state index is 13.1. The van der Waals surface area contributed by atoms with Crippen molar-refractivity contribution in [3.05, 3.63) is 59.7 Å². The fourth-order valence-electron chi connectivity index (χ4n) is 5.83. The van der Waals surface area contributed by atoms with Crippen molar-refractivity contribution >= 4 is 55.4 Å². The second kappa shape index (κ2) is 7.36. The normalized spacial score (nSPS) is 26.4. The number of amides is 2. The quantitative estimate of drug-likeness (QED) is 0.205. The van der Waals surface area contributed by atoms with Crippen LogP contribution in [-0.4, -0.2) is 72.8 Å². The zero-order valence-electron chi connectivity index (χ0n) is 18.7. The minimum atomic E-state index is -1.59. The van der Waals surface area contributed by atoms with Gasteiger partial charge in [0.15, 0.2) is 6.23 Å². The maximum absolute atomic E-state index is 13.1. The number of nitrogens with zero attached hydrogens (tertiary/aromatic N) is 1. The van der Waals surface area contributed by atoms with Gasteiger partial charge in [-0.1, -0.05) is 36.4 Å². The molecule has 4 heterocycles.